The SMILES string of the molecule is Cc1cc2c3c(c1)N(c1cc4c(cc1C)C(C)(C)CCC4(C)C)c1cc4c(cc1B3c1cc(C(C)(C)C)ccc1N2c1ccc2c(c1)C(C)(C)CCC2(C)C)C(C)(C)CC4(C)C. The lowest BCUT2D eigenvalue weighted by molar-refractivity contribution is 0.332. The molecule has 5 aliphatic rings. The summed E-state index contributed by atoms with van der Waals surface area (Å²) in [6.45, 7) is 41.6. The highest BCUT2D eigenvalue weighted by Crippen LogP contribution is 2.55. The molecule has 0 fully saturated rings. The van der Waals surface area contributed by atoms with E-state index >= 15 is 0 Å². The molecular weight excluding hydrogens is 747 g/mol. The van der Waals surface area contributed by atoms with E-state index in [1.165, 1.54) is 126 Å². The first-order valence-corrected chi connectivity index (χ1v) is 24.0. The molecule has 322 valence electrons. The molecule has 0 spiro atoms. The van der Waals surface area contributed by atoms with Gasteiger partial charge in [0.15, 0.2) is 0 Å². The zero-order valence-electron chi connectivity index (χ0n) is 41.4. The molecule has 5 aromatic rings. The van der Waals surface area contributed by atoms with Crippen LogP contribution in [0.5, 0.6) is 0 Å². The van der Waals surface area contributed by atoms with Crippen molar-refractivity contribution in [3.05, 3.63) is 123 Å². The summed E-state index contributed by atoms with van der Waals surface area (Å²) in [7, 11) is 0. The molecule has 0 radical (unpaired) electrons. The second kappa shape index (κ2) is 12.7. The van der Waals surface area contributed by atoms with Crippen molar-refractivity contribution < 1.29 is 0 Å². The van der Waals surface area contributed by atoms with E-state index in [-0.39, 0.29) is 44.6 Å². The third-order valence-corrected chi connectivity index (χ3v) is 17.1. The van der Waals surface area contributed by atoms with Crippen molar-refractivity contribution in [3.63, 3.8) is 0 Å². The third-order valence-electron chi connectivity index (χ3n) is 17.1. The molecule has 5 aromatic carbocycles. The van der Waals surface area contributed by atoms with Gasteiger partial charge in [-0.3, -0.25) is 0 Å². The van der Waals surface area contributed by atoms with Crippen LogP contribution in [0.15, 0.2) is 72.8 Å². The molecule has 0 saturated carbocycles. The predicted molar refractivity (Wildman–Crippen MR) is 270 cm³/mol. The average Bonchev–Trinajstić information content (AvgIpc) is 3.35. The summed E-state index contributed by atoms with van der Waals surface area (Å²) in [5.41, 5.74) is 26.0. The van der Waals surface area contributed by atoms with Gasteiger partial charge in [0.2, 0.25) is 0 Å². The van der Waals surface area contributed by atoms with Crippen molar-refractivity contribution in [1.82, 2.24) is 0 Å². The van der Waals surface area contributed by atoms with Gasteiger partial charge in [-0.25, -0.2) is 0 Å². The van der Waals surface area contributed by atoms with Crippen molar-refractivity contribution >= 4 is 57.2 Å². The number of anilines is 6. The molecule has 0 aromatic heterocycles. The summed E-state index contributed by atoms with van der Waals surface area (Å²) in [6, 6.07) is 30.6. The van der Waals surface area contributed by atoms with Crippen LogP contribution < -0.4 is 26.2 Å². The van der Waals surface area contributed by atoms with E-state index in [4.69, 9.17) is 0 Å². The zero-order valence-corrected chi connectivity index (χ0v) is 41.4. The maximum absolute atomic E-state index is 2.74. The van der Waals surface area contributed by atoms with Gasteiger partial charge in [-0.15, -0.1) is 0 Å². The minimum absolute atomic E-state index is 0.00593. The van der Waals surface area contributed by atoms with E-state index in [1.807, 2.05) is 0 Å². The summed E-state index contributed by atoms with van der Waals surface area (Å²) in [4.78, 5) is 5.40. The number of fused-ring (bicyclic) bond motifs is 7. The Kier molecular flexibility index (Phi) is 8.57. The fourth-order valence-electron chi connectivity index (χ4n) is 13.3. The fourth-order valence-corrected chi connectivity index (χ4v) is 13.3. The lowest BCUT2D eigenvalue weighted by atomic mass is 9.33. The highest BCUT2D eigenvalue weighted by Gasteiger charge is 2.49. The van der Waals surface area contributed by atoms with Crippen LogP contribution in [0.25, 0.3) is 0 Å². The third kappa shape index (κ3) is 5.94. The molecule has 0 bridgehead atoms. The fraction of sp³-hybridized carbons (Fsp3) is 0.492. The monoisotopic (exact) mass is 821 g/mol. The molecule has 0 N–H and O–H groups in total. The number of aryl methyl sites for hydroxylation is 2. The molecule has 0 atom stereocenters. The molecule has 2 nitrogen and oxygen atoms in total. The largest absolute Gasteiger partial charge is 0.311 e. The number of rotatable bonds is 2. The van der Waals surface area contributed by atoms with Crippen LogP contribution in [0.2, 0.25) is 0 Å². The molecule has 0 amide bonds. The van der Waals surface area contributed by atoms with E-state index in [9.17, 15) is 0 Å². The second-order valence-corrected chi connectivity index (χ2v) is 25.7. The standard InChI is InChI=1S/C59H73BN2/c1-35-26-50-52-51(27-35)62(48-32-43-40(28-36(48)2)55(8,9)24-25-57(43,12)13)49-33-44-42(58(14,15)34-59(44,16)17)31-46(49)60(52)45-29-37(53(3,4)5)18-21-47(45)61(50)38-19-20-39-41(30-38)56(10,11)23-22-54(39,6)7/h18-21,26-33H,22-25,34H2,1-17H3. The molecule has 3 heteroatoms. The zero-order chi connectivity index (χ0) is 44.6. The average molecular weight is 821 g/mol. The van der Waals surface area contributed by atoms with Crippen LogP contribution in [0.1, 0.15) is 186 Å². The van der Waals surface area contributed by atoms with E-state index in [1.54, 1.807) is 0 Å². The predicted octanol–water partition coefficient (Wildman–Crippen LogP) is 14.3. The van der Waals surface area contributed by atoms with Gasteiger partial charge < -0.3 is 9.80 Å². The van der Waals surface area contributed by atoms with Crippen LogP contribution in [-0.4, -0.2) is 6.71 Å². The van der Waals surface area contributed by atoms with Gasteiger partial charge in [-0.05, 0) is 193 Å². The normalized spacial score (nSPS) is 21.3. The minimum atomic E-state index is 0.00593. The Hall–Kier alpha value is -4.24. The number of nitrogens with zero attached hydrogens (tertiary/aromatic N) is 2. The van der Waals surface area contributed by atoms with Crippen LogP contribution >= 0.6 is 0 Å². The van der Waals surface area contributed by atoms with Gasteiger partial charge in [0.1, 0.15) is 0 Å². The topological polar surface area (TPSA) is 6.48 Å². The van der Waals surface area contributed by atoms with Crippen molar-refractivity contribution in [2.45, 2.75) is 188 Å². The van der Waals surface area contributed by atoms with Gasteiger partial charge >= 0.3 is 0 Å². The molecule has 2 aliphatic heterocycles. The first-order chi connectivity index (χ1) is 28.6. The van der Waals surface area contributed by atoms with Gasteiger partial charge in [-0.1, -0.05) is 134 Å². The summed E-state index contributed by atoms with van der Waals surface area (Å²) in [5.74, 6) is 0. The first-order valence-electron chi connectivity index (χ1n) is 24.0. The van der Waals surface area contributed by atoms with E-state index in [0.717, 1.165) is 6.42 Å². The second-order valence-electron chi connectivity index (χ2n) is 25.7. The Balaban J connectivity index is 1.33. The Morgan fingerprint density at radius 1 is 0.435 bits per heavy atom. The van der Waals surface area contributed by atoms with Gasteiger partial charge in [-0.2, -0.15) is 0 Å². The summed E-state index contributed by atoms with van der Waals surface area (Å²) in [6.07, 6.45) is 5.96. The molecule has 3 aliphatic carbocycles. The lowest BCUT2D eigenvalue weighted by Gasteiger charge is -2.47. The number of benzene rings is 5. The van der Waals surface area contributed by atoms with Crippen LogP contribution in [0, 0.1) is 13.8 Å². The minimum Gasteiger partial charge on any atom is -0.311 e. The smallest absolute Gasteiger partial charge is 0.252 e. The summed E-state index contributed by atoms with van der Waals surface area (Å²) >= 11 is 0. The van der Waals surface area contributed by atoms with Gasteiger partial charge in [0, 0.05) is 34.1 Å². The van der Waals surface area contributed by atoms with E-state index in [0.29, 0.717) is 0 Å². The maximum atomic E-state index is 2.74. The Morgan fingerprint density at radius 2 is 0.919 bits per heavy atom. The Morgan fingerprint density at radius 3 is 1.52 bits per heavy atom. The first kappa shape index (κ1) is 41.8. The highest BCUT2D eigenvalue weighted by molar-refractivity contribution is 7.00. The van der Waals surface area contributed by atoms with Crippen molar-refractivity contribution in [3.8, 4) is 0 Å². The van der Waals surface area contributed by atoms with E-state index < -0.39 is 0 Å². The molecule has 0 saturated heterocycles. The van der Waals surface area contributed by atoms with E-state index in [2.05, 4.69) is 200 Å². The lowest BCUT2D eigenvalue weighted by Crippen LogP contribution is -2.62. The number of hydrogen-bond donors (Lipinski definition) is 0. The van der Waals surface area contributed by atoms with Crippen molar-refractivity contribution in [2.24, 2.45) is 0 Å². The van der Waals surface area contributed by atoms with Crippen LogP contribution in [0.3, 0.4) is 0 Å². The van der Waals surface area contributed by atoms with Crippen molar-refractivity contribution in [1.29, 1.82) is 0 Å². The molecule has 62 heavy (non-hydrogen) atoms. The summed E-state index contributed by atoms with van der Waals surface area (Å²) in [5, 5.41) is 0. The Labute approximate surface area is 376 Å². The van der Waals surface area contributed by atoms with Gasteiger partial charge in [0.25, 0.3) is 6.71 Å². The summed E-state index contributed by atoms with van der Waals surface area (Å²) < 4.78 is 0. The molecule has 0 unspecified atom stereocenters. The molecule has 2 heterocycles. The molecular formula is C59H73BN2. The maximum Gasteiger partial charge on any atom is 0.252 e. The highest BCUT2D eigenvalue weighted by atomic mass is 15.2. The Bertz CT molecular complexity index is 2750. The number of hydrogen-bond acceptors (Lipinski definition) is 2. The van der Waals surface area contributed by atoms with Crippen LogP contribution in [-0.2, 0) is 37.9 Å². The van der Waals surface area contributed by atoms with Crippen LogP contribution in [0.4, 0.5) is 34.1 Å². The quantitative estimate of drug-likeness (QED) is 0.160. The van der Waals surface area contributed by atoms with Gasteiger partial charge in [0.05, 0.1) is 0 Å². The molecule has 10 rings (SSSR count). The van der Waals surface area contributed by atoms with Crippen molar-refractivity contribution in [2.75, 3.05) is 9.80 Å².